The van der Waals surface area contributed by atoms with Gasteiger partial charge in [0.25, 0.3) is 0 Å². The molecule has 0 radical (unpaired) electrons. The van der Waals surface area contributed by atoms with Crippen molar-refractivity contribution in [2.45, 2.75) is 6.92 Å². The highest BCUT2D eigenvalue weighted by Gasteiger charge is 1.94. The van der Waals surface area contributed by atoms with Crippen LogP contribution in [0, 0.1) is 6.92 Å². The van der Waals surface area contributed by atoms with Gasteiger partial charge < -0.3 is 10.6 Å². The Morgan fingerprint density at radius 3 is 2.75 bits per heavy atom. The van der Waals surface area contributed by atoms with Crippen molar-refractivity contribution < 1.29 is 0 Å². The second kappa shape index (κ2) is 4.01. The first-order chi connectivity index (χ1) is 5.72. The van der Waals surface area contributed by atoms with Gasteiger partial charge in [0.1, 0.15) is 5.82 Å². The summed E-state index contributed by atoms with van der Waals surface area (Å²) in [6.45, 7) is 1.99. The van der Waals surface area contributed by atoms with Crippen molar-refractivity contribution in [3.05, 3.63) is 23.9 Å². The van der Waals surface area contributed by atoms with Gasteiger partial charge in [-0.05, 0) is 30.8 Å². The third kappa shape index (κ3) is 2.47. The number of thiocarbonyl (C=S) groups is 1. The Kier molecular flexibility index (Phi) is 2.99. The molecule has 3 nitrogen and oxygen atoms in total. The second-order valence-electron chi connectivity index (χ2n) is 2.42. The molecule has 0 unspecified atom stereocenters. The largest absolute Gasteiger partial charge is 0.365 e. The molecule has 1 heterocycles. The molecular formula is C8H11N3S. The molecule has 0 aliphatic rings. The molecule has 4 heteroatoms. The van der Waals surface area contributed by atoms with Crippen LogP contribution < -0.4 is 10.6 Å². The highest BCUT2D eigenvalue weighted by Crippen LogP contribution is 2.02. The first-order valence-electron chi connectivity index (χ1n) is 3.64. The molecule has 0 aliphatic heterocycles. The predicted octanol–water partition coefficient (Wildman–Crippen LogP) is 1.31. The monoisotopic (exact) mass is 181 g/mol. The summed E-state index contributed by atoms with van der Waals surface area (Å²) in [7, 11) is 1.77. The van der Waals surface area contributed by atoms with Gasteiger partial charge in [-0.3, -0.25) is 0 Å². The third-order valence-corrected chi connectivity index (χ3v) is 1.69. The standard InChI is InChI=1S/C8H11N3S/c1-6-3-4-7(10-5-6)11-8(12)9-2/h3-5H,1-2H3,(H2,9,10,11,12). The first-order valence-corrected chi connectivity index (χ1v) is 4.04. The lowest BCUT2D eigenvalue weighted by Gasteiger charge is -2.05. The van der Waals surface area contributed by atoms with Crippen molar-refractivity contribution >= 4 is 23.1 Å². The van der Waals surface area contributed by atoms with E-state index in [2.05, 4.69) is 15.6 Å². The molecule has 0 spiro atoms. The van der Waals surface area contributed by atoms with E-state index in [0.717, 1.165) is 11.4 Å². The molecule has 1 aromatic heterocycles. The SMILES string of the molecule is CNC(=S)Nc1ccc(C)cn1. The molecule has 1 rings (SSSR count). The maximum absolute atomic E-state index is 4.91. The summed E-state index contributed by atoms with van der Waals surface area (Å²) >= 11 is 4.91. The predicted molar refractivity (Wildman–Crippen MR) is 54.3 cm³/mol. The summed E-state index contributed by atoms with van der Waals surface area (Å²) in [5, 5.41) is 6.31. The van der Waals surface area contributed by atoms with Gasteiger partial charge in [-0.2, -0.15) is 0 Å². The Morgan fingerprint density at radius 1 is 1.50 bits per heavy atom. The van der Waals surface area contributed by atoms with E-state index in [1.165, 1.54) is 0 Å². The molecule has 1 aromatic rings. The van der Waals surface area contributed by atoms with Gasteiger partial charge in [0.05, 0.1) is 0 Å². The number of anilines is 1. The lowest BCUT2D eigenvalue weighted by atomic mass is 10.3. The number of hydrogen-bond acceptors (Lipinski definition) is 2. The Morgan fingerprint density at radius 2 is 2.25 bits per heavy atom. The van der Waals surface area contributed by atoms with Crippen LogP contribution in [0.1, 0.15) is 5.56 Å². The van der Waals surface area contributed by atoms with Crippen molar-refractivity contribution in [3.8, 4) is 0 Å². The Bertz CT molecular complexity index is 268. The zero-order valence-electron chi connectivity index (χ0n) is 7.09. The van der Waals surface area contributed by atoms with E-state index in [-0.39, 0.29) is 0 Å². The van der Waals surface area contributed by atoms with E-state index in [9.17, 15) is 0 Å². The van der Waals surface area contributed by atoms with Crippen LogP contribution in [0.4, 0.5) is 5.82 Å². The van der Waals surface area contributed by atoms with Gasteiger partial charge in [-0.25, -0.2) is 4.98 Å². The van der Waals surface area contributed by atoms with Gasteiger partial charge >= 0.3 is 0 Å². The van der Waals surface area contributed by atoms with E-state index < -0.39 is 0 Å². The van der Waals surface area contributed by atoms with Crippen LogP contribution in [0.2, 0.25) is 0 Å². The molecule has 0 atom stereocenters. The highest BCUT2D eigenvalue weighted by atomic mass is 32.1. The van der Waals surface area contributed by atoms with Crippen molar-refractivity contribution in [2.75, 3.05) is 12.4 Å². The molecule has 0 amide bonds. The Labute approximate surface area is 77.2 Å². The van der Waals surface area contributed by atoms with E-state index in [1.807, 2.05) is 19.1 Å². The minimum absolute atomic E-state index is 0.575. The lowest BCUT2D eigenvalue weighted by molar-refractivity contribution is 1.18. The van der Waals surface area contributed by atoms with Gasteiger partial charge in [-0.15, -0.1) is 0 Å². The number of aromatic nitrogens is 1. The number of nitrogens with zero attached hydrogens (tertiary/aromatic N) is 1. The average molecular weight is 181 g/mol. The topological polar surface area (TPSA) is 37.0 Å². The molecule has 64 valence electrons. The maximum atomic E-state index is 4.91. The number of hydrogen-bond donors (Lipinski definition) is 2. The number of nitrogens with one attached hydrogen (secondary N) is 2. The van der Waals surface area contributed by atoms with Crippen LogP contribution >= 0.6 is 12.2 Å². The van der Waals surface area contributed by atoms with E-state index in [1.54, 1.807) is 13.2 Å². The normalized spacial score (nSPS) is 9.17. The lowest BCUT2D eigenvalue weighted by Crippen LogP contribution is -2.24. The van der Waals surface area contributed by atoms with Crippen LogP contribution in [0.5, 0.6) is 0 Å². The number of aryl methyl sites for hydroxylation is 1. The number of pyridine rings is 1. The molecular weight excluding hydrogens is 170 g/mol. The number of rotatable bonds is 1. The molecule has 12 heavy (non-hydrogen) atoms. The molecule has 0 saturated heterocycles. The fourth-order valence-corrected chi connectivity index (χ4v) is 0.825. The van der Waals surface area contributed by atoms with Crippen LogP contribution in [0.3, 0.4) is 0 Å². The molecule has 0 aromatic carbocycles. The quantitative estimate of drug-likeness (QED) is 0.640. The molecule has 0 aliphatic carbocycles. The Balaban J connectivity index is 2.64. The molecule has 0 saturated carbocycles. The van der Waals surface area contributed by atoms with Crippen molar-refractivity contribution in [3.63, 3.8) is 0 Å². The molecule has 0 fully saturated rings. The molecule has 0 bridgehead atoms. The first kappa shape index (κ1) is 8.93. The van der Waals surface area contributed by atoms with Crippen molar-refractivity contribution in [1.82, 2.24) is 10.3 Å². The Hall–Kier alpha value is -1.16. The van der Waals surface area contributed by atoms with E-state index in [0.29, 0.717) is 5.11 Å². The van der Waals surface area contributed by atoms with Crippen LogP contribution in [-0.2, 0) is 0 Å². The third-order valence-electron chi connectivity index (χ3n) is 1.38. The minimum atomic E-state index is 0.575. The summed E-state index contributed by atoms with van der Waals surface area (Å²) in [5.41, 5.74) is 1.14. The van der Waals surface area contributed by atoms with Gasteiger partial charge in [0.15, 0.2) is 5.11 Å². The zero-order valence-corrected chi connectivity index (χ0v) is 7.90. The van der Waals surface area contributed by atoms with Crippen molar-refractivity contribution in [1.29, 1.82) is 0 Å². The summed E-state index contributed by atoms with van der Waals surface area (Å²) in [6, 6.07) is 3.87. The fourth-order valence-electron chi connectivity index (χ4n) is 0.721. The van der Waals surface area contributed by atoms with Crippen LogP contribution in [0.15, 0.2) is 18.3 Å². The fraction of sp³-hybridized carbons (Fsp3) is 0.250. The summed E-state index contributed by atoms with van der Waals surface area (Å²) in [6.07, 6.45) is 1.79. The average Bonchev–Trinajstić information content (AvgIpc) is 2.09. The summed E-state index contributed by atoms with van der Waals surface area (Å²) in [5.74, 6) is 0.764. The van der Waals surface area contributed by atoms with Crippen molar-refractivity contribution in [2.24, 2.45) is 0 Å². The van der Waals surface area contributed by atoms with Gasteiger partial charge in [0, 0.05) is 13.2 Å². The summed E-state index contributed by atoms with van der Waals surface area (Å²) in [4.78, 5) is 4.13. The minimum Gasteiger partial charge on any atom is -0.365 e. The zero-order chi connectivity index (χ0) is 8.97. The van der Waals surface area contributed by atoms with E-state index in [4.69, 9.17) is 12.2 Å². The maximum Gasteiger partial charge on any atom is 0.171 e. The second-order valence-corrected chi connectivity index (χ2v) is 2.83. The van der Waals surface area contributed by atoms with Crippen LogP contribution in [0.25, 0.3) is 0 Å². The van der Waals surface area contributed by atoms with Gasteiger partial charge in [-0.1, -0.05) is 6.07 Å². The highest BCUT2D eigenvalue weighted by molar-refractivity contribution is 7.80. The summed E-state index contributed by atoms with van der Waals surface area (Å²) < 4.78 is 0. The van der Waals surface area contributed by atoms with Crippen LogP contribution in [-0.4, -0.2) is 17.1 Å². The molecule has 2 N–H and O–H groups in total. The smallest absolute Gasteiger partial charge is 0.171 e. The van der Waals surface area contributed by atoms with Gasteiger partial charge in [0.2, 0.25) is 0 Å². The van der Waals surface area contributed by atoms with E-state index >= 15 is 0 Å².